The molecule has 4 aromatic rings. The van der Waals surface area contributed by atoms with Crippen LogP contribution >= 0.6 is 11.3 Å². The van der Waals surface area contributed by atoms with Gasteiger partial charge in [-0.1, -0.05) is 12.1 Å². The number of rotatable bonds is 5. The molecule has 1 amide bonds. The van der Waals surface area contributed by atoms with E-state index in [1.54, 1.807) is 17.6 Å². The first-order valence-corrected chi connectivity index (χ1v) is 11.0. The van der Waals surface area contributed by atoms with Gasteiger partial charge in [0.1, 0.15) is 6.54 Å². The molecule has 0 radical (unpaired) electrons. The molecule has 0 saturated carbocycles. The Morgan fingerprint density at radius 1 is 1.10 bits per heavy atom. The molecule has 158 valence electrons. The van der Waals surface area contributed by atoms with E-state index in [9.17, 15) is 9.59 Å². The standard InChI is InChI=1S/C22H21N5O3S/c28-20-12-23-17-4-1-2-5-18(17)27(20)14-21(29)26-9-7-25(8-10-26)13-16-15-31-22(24-16)19-6-3-11-30-19/h1-6,11-12,15H,7-10,13-14H2. The molecule has 0 unspecified atom stereocenters. The molecule has 1 saturated heterocycles. The van der Waals surface area contributed by atoms with E-state index in [2.05, 4.69) is 20.2 Å². The van der Waals surface area contributed by atoms with Crippen LogP contribution in [0.15, 0.2) is 63.4 Å². The molecule has 0 atom stereocenters. The molecule has 0 aliphatic carbocycles. The number of aromatic nitrogens is 3. The second kappa shape index (κ2) is 8.44. The van der Waals surface area contributed by atoms with Crippen LogP contribution in [0.3, 0.4) is 0 Å². The van der Waals surface area contributed by atoms with Crippen molar-refractivity contribution in [1.29, 1.82) is 0 Å². The third-order valence-corrected chi connectivity index (χ3v) is 6.35. The molecule has 0 bridgehead atoms. The summed E-state index contributed by atoms with van der Waals surface area (Å²) in [6, 6.07) is 11.1. The summed E-state index contributed by atoms with van der Waals surface area (Å²) >= 11 is 1.57. The SMILES string of the molecule is O=C(Cn1c(=O)cnc2ccccc21)N1CCN(Cc2csc(-c3ccco3)n2)CC1. The Labute approximate surface area is 182 Å². The van der Waals surface area contributed by atoms with Crippen molar-refractivity contribution in [2.75, 3.05) is 26.2 Å². The summed E-state index contributed by atoms with van der Waals surface area (Å²) in [6.07, 6.45) is 2.92. The van der Waals surface area contributed by atoms with Crippen molar-refractivity contribution in [3.8, 4) is 10.8 Å². The van der Waals surface area contributed by atoms with E-state index in [0.29, 0.717) is 24.1 Å². The molecular formula is C22H21N5O3S. The predicted octanol–water partition coefficient (Wildman–Crippen LogP) is 2.46. The van der Waals surface area contributed by atoms with Crippen molar-refractivity contribution in [1.82, 2.24) is 24.3 Å². The maximum Gasteiger partial charge on any atom is 0.269 e. The van der Waals surface area contributed by atoms with E-state index in [-0.39, 0.29) is 18.0 Å². The Hall–Kier alpha value is -3.30. The van der Waals surface area contributed by atoms with Gasteiger partial charge in [0, 0.05) is 38.1 Å². The largest absolute Gasteiger partial charge is 0.462 e. The Kier molecular flexibility index (Phi) is 5.35. The highest BCUT2D eigenvalue weighted by Crippen LogP contribution is 2.24. The van der Waals surface area contributed by atoms with E-state index >= 15 is 0 Å². The number of fused-ring (bicyclic) bond motifs is 1. The summed E-state index contributed by atoms with van der Waals surface area (Å²) < 4.78 is 6.91. The topological polar surface area (TPSA) is 84.5 Å². The Bertz CT molecular complexity index is 1260. The van der Waals surface area contributed by atoms with E-state index in [1.807, 2.05) is 41.3 Å². The number of piperazine rings is 1. The van der Waals surface area contributed by atoms with Gasteiger partial charge in [0.05, 0.1) is 29.2 Å². The number of carbonyl (C=O) groups excluding carboxylic acids is 1. The van der Waals surface area contributed by atoms with Crippen LogP contribution in [-0.2, 0) is 17.9 Å². The van der Waals surface area contributed by atoms with Gasteiger partial charge in [-0.05, 0) is 24.3 Å². The van der Waals surface area contributed by atoms with Crippen molar-refractivity contribution in [3.05, 3.63) is 70.3 Å². The van der Waals surface area contributed by atoms with Gasteiger partial charge < -0.3 is 9.32 Å². The summed E-state index contributed by atoms with van der Waals surface area (Å²) in [5.41, 5.74) is 2.13. The van der Waals surface area contributed by atoms with Crippen LogP contribution in [0.5, 0.6) is 0 Å². The Balaban J connectivity index is 1.20. The van der Waals surface area contributed by atoms with Crippen LogP contribution in [0.2, 0.25) is 0 Å². The van der Waals surface area contributed by atoms with Gasteiger partial charge in [-0.2, -0.15) is 0 Å². The molecule has 1 fully saturated rings. The quantitative estimate of drug-likeness (QED) is 0.479. The lowest BCUT2D eigenvalue weighted by Crippen LogP contribution is -2.49. The molecule has 1 aliphatic heterocycles. The van der Waals surface area contributed by atoms with Crippen LogP contribution in [0, 0.1) is 0 Å². The maximum absolute atomic E-state index is 12.9. The minimum Gasteiger partial charge on any atom is -0.462 e. The van der Waals surface area contributed by atoms with Gasteiger partial charge in [-0.15, -0.1) is 11.3 Å². The number of amides is 1. The zero-order chi connectivity index (χ0) is 21.2. The zero-order valence-corrected chi connectivity index (χ0v) is 17.6. The van der Waals surface area contributed by atoms with Gasteiger partial charge >= 0.3 is 0 Å². The highest BCUT2D eigenvalue weighted by molar-refractivity contribution is 7.13. The second-order valence-corrected chi connectivity index (χ2v) is 8.31. The average Bonchev–Trinajstić information content (AvgIpc) is 3.48. The number of hydrogen-bond donors (Lipinski definition) is 0. The molecule has 3 aromatic heterocycles. The number of thiazole rings is 1. The van der Waals surface area contributed by atoms with Crippen molar-refractivity contribution in [3.63, 3.8) is 0 Å². The van der Waals surface area contributed by atoms with Crippen LogP contribution < -0.4 is 5.56 Å². The molecule has 8 nitrogen and oxygen atoms in total. The van der Waals surface area contributed by atoms with E-state index in [1.165, 1.54) is 10.8 Å². The number of nitrogens with zero attached hydrogens (tertiary/aromatic N) is 5. The van der Waals surface area contributed by atoms with E-state index < -0.39 is 0 Å². The van der Waals surface area contributed by atoms with Crippen molar-refractivity contribution in [2.45, 2.75) is 13.1 Å². The first-order chi connectivity index (χ1) is 15.2. The number of carbonyl (C=O) groups is 1. The summed E-state index contributed by atoms with van der Waals surface area (Å²) in [5.74, 6) is 0.734. The lowest BCUT2D eigenvalue weighted by molar-refractivity contribution is -0.133. The van der Waals surface area contributed by atoms with Crippen molar-refractivity contribution in [2.24, 2.45) is 0 Å². The predicted molar refractivity (Wildman–Crippen MR) is 118 cm³/mol. The molecule has 9 heteroatoms. The van der Waals surface area contributed by atoms with E-state index in [4.69, 9.17) is 4.42 Å². The van der Waals surface area contributed by atoms with Crippen LogP contribution in [0.1, 0.15) is 5.69 Å². The Morgan fingerprint density at radius 2 is 1.94 bits per heavy atom. The minimum atomic E-state index is -0.262. The fraction of sp³-hybridized carbons (Fsp3) is 0.273. The highest BCUT2D eigenvalue weighted by Gasteiger charge is 2.23. The van der Waals surface area contributed by atoms with E-state index in [0.717, 1.165) is 36.1 Å². The van der Waals surface area contributed by atoms with Gasteiger partial charge in [-0.3, -0.25) is 19.1 Å². The Morgan fingerprint density at radius 3 is 2.74 bits per heavy atom. The number of hydrogen-bond acceptors (Lipinski definition) is 7. The summed E-state index contributed by atoms with van der Waals surface area (Å²) in [4.78, 5) is 38.1. The first-order valence-electron chi connectivity index (χ1n) is 10.1. The van der Waals surface area contributed by atoms with Gasteiger partial charge in [0.25, 0.3) is 5.56 Å². The fourth-order valence-corrected chi connectivity index (χ4v) is 4.57. The number of para-hydroxylation sites is 2. The van der Waals surface area contributed by atoms with Crippen molar-refractivity contribution >= 4 is 28.3 Å². The molecule has 31 heavy (non-hydrogen) atoms. The number of benzene rings is 1. The maximum atomic E-state index is 12.9. The smallest absolute Gasteiger partial charge is 0.269 e. The zero-order valence-electron chi connectivity index (χ0n) is 16.8. The summed E-state index contributed by atoms with van der Waals surface area (Å²) in [7, 11) is 0. The normalized spacial score (nSPS) is 14.9. The lowest BCUT2D eigenvalue weighted by Gasteiger charge is -2.34. The van der Waals surface area contributed by atoms with Gasteiger partial charge in [-0.25, -0.2) is 9.97 Å². The van der Waals surface area contributed by atoms with Crippen LogP contribution in [-0.4, -0.2) is 56.4 Å². The molecule has 0 N–H and O–H groups in total. The average molecular weight is 436 g/mol. The molecule has 4 heterocycles. The monoisotopic (exact) mass is 435 g/mol. The molecule has 5 rings (SSSR count). The summed E-state index contributed by atoms with van der Waals surface area (Å²) in [5, 5.41) is 2.93. The molecule has 0 spiro atoms. The third-order valence-electron chi connectivity index (χ3n) is 5.44. The molecule has 1 aliphatic rings. The molecule has 1 aromatic carbocycles. The fourth-order valence-electron chi connectivity index (χ4n) is 3.79. The second-order valence-electron chi connectivity index (χ2n) is 7.45. The first kappa shape index (κ1) is 19.7. The highest BCUT2D eigenvalue weighted by atomic mass is 32.1. The summed E-state index contributed by atoms with van der Waals surface area (Å²) in [6.45, 7) is 3.57. The van der Waals surface area contributed by atoms with Crippen molar-refractivity contribution < 1.29 is 9.21 Å². The lowest BCUT2D eigenvalue weighted by atomic mass is 10.2. The minimum absolute atomic E-state index is 0.0282. The molecular weight excluding hydrogens is 414 g/mol. The van der Waals surface area contributed by atoms with Crippen LogP contribution in [0.25, 0.3) is 21.8 Å². The third kappa shape index (κ3) is 4.14. The van der Waals surface area contributed by atoms with Crippen LogP contribution in [0.4, 0.5) is 0 Å². The number of furan rings is 1. The van der Waals surface area contributed by atoms with Gasteiger partial charge in [0.2, 0.25) is 5.91 Å². The van der Waals surface area contributed by atoms with Gasteiger partial charge in [0.15, 0.2) is 10.8 Å².